The molecular weight excluding hydrogens is 430 g/mol. The van der Waals surface area contributed by atoms with Crippen molar-refractivity contribution >= 4 is 40.0 Å². The van der Waals surface area contributed by atoms with Crippen LogP contribution >= 0.6 is 0 Å². The summed E-state index contributed by atoms with van der Waals surface area (Å²) in [5.74, 6) is 0.512. The Balaban J connectivity index is 1.20. The van der Waals surface area contributed by atoms with E-state index in [2.05, 4.69) is 35.5 Å². The van der Waals surface area contributed by atoms with Crippen molar-refractivity contribution in [3.8, 4) is 0 Å². The van der Waals surface area contributed by atoms with Crippen LogP contribution in [0, 0.1) is 12.8 Å². The fourth-order valence-corrected chi connectivity index (χ4v) is 4.30. The van der Waals surface area contributed by atoms with Crippen LogP contribution in [0.2, 0.25) is 0 Å². The Morgan fingerprint density at radius 3 is 2.56 bits per heavy atom. The quantitative estimate of drug-likeness (QED) is 0.422. The van der Waals surface area contributed by atoms with E-state index in [1.54, 1.807) is 48.9 Å². The minimum atomic E-state index is -0.298. The first-order valence-corrected chi connectivity index (χ1v) is 11.3. The highest BCUT2D eigenvalue weighted by Gasteiger charge is 2.27. The zero-order chi connectivity index (χ0) is 23.5. The maximum absolute atomic E-state index is 12.9. The smallest absolute Gasteiger partial charge is 0.274 e. The van der Waals surface area contributed by atoms with Gasteiger partial charge in [0.2, 0.25) is 5.91 Å². The number of anilines is 3. The number of benzene rings is 1. The van der Waals surface area contributed by atoms with Gasteiger partial charge in [-0.05, 0) is 55.7 Å². The summed E-state index contributed by atoms with van der Waals surface area (Å²) in [6, 6.07) is 12.3. The summed E-state index contributed by atoms with van der Waals surface area (Å²) in [6.07, 6.45) is 6.56. The van der Waals surface area contributed by atoms with Crippen LogP contribution in [-0.2, 0) is 4.79 Å². The molecule has 0 atom stereocenters. The average molecular weight is 456 g/mol. The highest BCUT2D eigenvalue weighted by atomic mass is 16.2. The Morgan fingerprint density at radius 1 is 1.00 bits per heavy atom. The summed E-state index contributed by atoms with van der Waals surface area (Å²) in [5.41, 5.74) is 3.52. The number of H-pyrrole nitrogens is 1. The number of aromatic nitrogens is 4. The highest BCUT2D eigenvalue weighted by molar-refractivity contribution is 6.03. The minimum absolute atomic E-state index is 0.0153. The zero-order valence-corrected chi connectivity index (χ0v) is 18.8. The third-order valence-electron chi connectivity index (χ3n) is 6.10. The Bertz CT molecular complexity index is 1330. The first kappa shape index (κ1) is 21.6. The van der Waals surface area contributed by atoms with Crippen LogP contribution in [0.5, 0.6) is 0 Å². The van der Waals surface area contributed by atoms with Crippen LogP contribution in [0.1, 0.15) is 28.9 Å². The van der Waals surface area contributed by atoms with Crippen molar-refractivity contribution in [3.05, 3.63) is 72.4 Å². The van der Waals surface area contributed by atoms with Crippen molar-refractivity contribution in [2.75, 3.05) is 28.6 Å². The van der Waals surface area contributed by atoms with Gasteiger partial charge < -0.3 is 20.5 Å². The van der Waals surface area contributed by atoms with Crippen molar-refractivity contribution in [2.45, 2.75) is 19.8 Å². The summed E-state index contributed by atoms with van der Waals surface area (Å²) in [5, 5.41) is 6.85. The summed E-state index contributed by atoms with van der Waals surface area (Å²) in [6.45, 7) is 3.53. The van der Waals surface area contributed by atoms with Gasteiger partial charge in [-0.3, -0.25) is 14.6 Å². The van der Waals surface area contributed by atoms with E-state index in [9.17, 15) is 9.59 Å². The summed E-state index contributed by atoms with van der Waals surface area (Å²) < 4.78 is 0. The number of piperidine rings is 1. The molecule has 3 N–H and O–H groups in total. The van der Waals surface area contributed by atoms with E-state index in [1.807, 2.05) is 19.2 Å². The number of carbonyl (C=O) groups excluding carboxylic acids is 2. The van der Waals surface area contributed by atoms with Gasteiger partial charge in [0.05, 0.1) is 5.39 Å². The molecule has 1 saturated heterocycles. The SMILES string of the molecule is Cc1c[nH]c2ncnc(N3CCC(C(=O)Nc4cccc(NC(=O)c5ccccn5)c4)CC3)c12. The Morgan fingerprint density at radius 2 is 1.79 bits per heavy atom. The van der Waals surface area contributed by atoms with Gasteiger partial charge in [-0.1, -0.05) is 12.1 Å². The molecule has 0 aliphatic carbocycles. The molecule has 2 amide bonds. The highest BCUT2D eigenvalue weighted by Crippen LogP contribution is 2.30. The van der Waals surface area contributed by atoms with Gasteiger partial charge in [-0.15, -0.1) is 0 Å². The number of fused-ring (bicyclic) bond motifs is 1. The van der Waals surface area contributed by atoms with Crippen molar-refractivity contribution in [1.82, 2.24) is 19.9 Å². The molecule has 0 unspecified atom stereocenters. The van der Waals surface area contributed by atoms with E-state index < -0.39 is 0 Å². The number of hydrogen-bond donors (Lipinski definition) is 3. The number of amides is 2. The van der Waals surface area contributed by atoms with Gasteiger partial charge in [0, 0.05) is 42.8 Å². The molecule has 0 saturated carbocycles. The van der Waals surface area contributed by atoms with Crippen molar-refractivity contribution < 1.29 is 9.59 Å². The van der Waals surface area contributed by atoms with Crippen LogP contribution in [0.25, 0.3) is 11.0 Å². The molecule has 0 bridgehead atoms. The Hall–Kier alpha value is -4.27. The van der Waals surface area contributed by atoms with E-state index in [1.165, 1.54) is 0 Å². The molecule has 3 aromatic heterocycles. The third-order valence-corrected chi connectivity index (χ3v) is 6.10. The van der Waals surface area contributed by atoms with Crippen LogP contribution in [0.4, 0.5) is 17.2 Å². The van der Waals surface area contributed by atoms with Gasteiger partial charge in [0.15, 0.2) is 0 Å². The molecular formula is C25H25N7O2. The normalized spacial score (nSPS) is 14.2. The van der Waals surface area contributed by atoms with Crippen molar-refractivity contribution in [1.29, 1.82) is 0 Å². The molecule has 0 radical (unpaired) electrons. The number of hydrogen-bond acceptors (Lipinski definition) is 6. The van der Waals surface area contributed by atoms with Crippen LogP contribution < -0.4 is 15.5 Å². The molecule has 172 valence electrons. The lowest BCUT2D eigenvalue weighted by Gasteiger charge is -2.32. The second-order valence-corrected chi connectivity index (χ2v) is 8.39. The topological polar surface area (TPSA) is 116 Å². The van der Waals surface area contributed by atoms with E-state index >= 15 is 0 Å². The van der Waals surface area contributed by atoms with Gasteiger partial charge in [-0.25, -0.2) is 9.97 Å². The van der Waals surface area contributed by atoms with Crippen molar-refractivity contribution in [2.24, 2.45) is 5.92 Å². The van der Waals surface area contributed by atoms with Crippen LogP contribution in [0.15, 0.2) is 61.2 Å². The molecule has 34 heavy (non-hydrogen) atoms. The number of aryl methyl sites for hydroxylation is 1. The van der Waals surface area contributed by atoms with Gasteiger partial charge in [0.1, 0.15) is 23.5 Å². The number of aromatic amines is 1. The van der Waals surface area contributed by atoms with Crippen LogP contribution in [0.3, 0.4) is 0 Å². The average Bonchev–Trinajstić information content (AvgIpc) is 3.26. The largest absolute Gasteiger partial charge is 0.356 e. The fourth-order valence-electron chi connectivity index (χ4n) is 4.30. The summed E-state index contributed by atoms with van der Waals surface area (Å²) in [4.78, 5) is 43.6. The Labute approximate surface area is 196 Å². The number of rotatable bonds is 5. The second-order valence-electron chi connectivity index (χ2n) is 8.39. The standard InChI is InChI=1S/C25H25N7O2/c1-16-14-27-22-21(16)23(29-15-28-22)32-11-8-17(9-12-32)24(33)30-18-5-4-6-19(13-18)31-25(34)20-7-2-3-10-26-20/h2-7,10,13-15,17H,8-9,11-12H2,1H3,(H,30,33)(H,31,34)(H,27,28,29). The van der Waals surface area contributed by atoms with E-state index in [0.29, 0.717) is 17.1 Å². The predicted molar refractivity (Wildman–Crippen MR) is 131 cm³/mol. The lowest BCUT2D eigenvalue weighted by molar-refractivity contribution is -0.120. The molecule has 5 rings (SSSR count). The van der Waals surface area contributed by atoms with Crippen LogP contribution in [-0.4, -0.2) is 44.8 Å². The number of carbonyl (C=O) groups is 2. The molecule has 9 nitrogen and oxygen atoms in total. The van der Waals surface area contributed by atoms with Gasteiger partial charge in [-0.2, -0.15) is 0 Å². The molecule has 4 aromatic rings. The lowest BCUT2D eigenvalue weighted by atomic mass is 9.95. The molecule has 9 heteroatoms. The maximum atomic E-state index is 12.9. The third kappa shape index (κ3) is 4.45. The summed E-state index contributed by atoms with van der Waals surface area (Å²) in [7, 11) is 0. The molecule has 1 aliphatic rings. The number of nitrogens with zero attached hydrogens (tertiary/aromatic N) is 4. The predicted octanol–water partition coefficient (Wildman–Crippen LogP) is 3.77. The van der Waals surface area contributed by atoms with E-state index in [-0.39, 0.29) is 17.7 Å². The molecule has 1 aromatic carbocycles. The summed E-state index contributed by atoms with van der Waals surface area (Å²) >= 11 is 0. The fraction of sp³-hybridized carbons (Fsp3) is 0.240. The second kappa shape index (κ2) is 9.30. The van der Waals surface area contributed by atoms with Gasteiger partial charge >= 0.3 is 0 Å². The minimum Gasteiger partial charge on any atom is -0.356 e. The lowest BCUT2D eigenvalue weighted by Crippen LogP contribution is -2.38. The van der Waals surface area contributed by atoms with E-state index in [0.717, 1.165) is 48.3 Å². The maximum Gasteiger partial charge on any atom is 0.274 e. The number of pyridine rings is 1. The van der Waals surface area contributed by atoms with Crippen molar-refractivity contribution in [3.63, 3.8) is 0 Å². The zero-order valence-electron chi connectivity index (χ0n) is 18.8. The molecule has 4 heterocycles. The van der Waals surface area contributed by atoms with E-state index in [4.69, 9.17) is 0 Å². The first-order chi connectivity index (χ1) is 16.6. The van der Waals surface area contributed by atoms with Gasteiger partial charge in [0.25, 0.3) is 5.91 Å². The Kier molecular flexibility index (Phi) is 5.90. The molecule has 0 spiro atoms. The molecule has 1 aliphatic heterocycles. The monoisotopic (exact) mass is 455 g/mol. The molecule has 1 fully saturated rings. The first-order valence-electron chi connectivity index (χ1n) is 11.3. The number of nitrogens with one attached hydrogen (secondary N) is 3.